The molecule has 110 valence electrons. The highest BCUT2D eigenvalue weighted by Crippen LogP contribution is 2.35. The Balaban J connectivity index is 1.51. The fourth-order valence-corrected chi connectivity index (χ4v) is 2.51. The average Bonchev–Trinajstić information content (AvgIpc) is 3.24. The van der Waals surface area contributed by atoms with Gasteiger partial charge in [-0.15, -0.1) is 0 Å². The van der Waals surface area contributed by atoms with Crippen LogP contribution >= 0.6 is 0 Å². The number of nitrogens with zero attached hydrogens (tertiary/aromatic N) is 1. The van der Waals surface area contributed by atoms with E-state index in [-0.39, 0.29) is 5.91 Å². The third kappa shape index (κ3) is 3.34. The summed E-state index contributed by atoms with van der Waals surface area (Å²) in [6.07, 6.45) is 4.25. The third-order valence-electron chi connectivity index (χ3n) is 3.84. The van der Waals surface area contributed by atoms with Gasteiger partial charge in [-0.05, 0) is 37.0 Å². The molecule has 1 aliphatic carbocycles. The number of aliphatic hydroxyl groups is 1. The van der Waals surface area contributed by atoms with Gasteiger partial charge in [0.05, 0.1) is 6.10 Å². The van der Waals surface area contributed by atoms with Crippen molar-refractivity contribution in [2.75, 3.05) is 6.54 Å². The smallest absolute Gasteiger partial charge is 0.267 e. The molecule has 1 unspecified atom stereocenters. The van der Waals surface area contributed by atoms with Crippen LogP contribution in [0.4, 0.5) is 0 Å². The largest absolute Gasteiger partial charge is 0.388 e. The van der Waals surface area contributed by atoms with Gasteiger partial charge >= 0.3 is 0 Å². The van der Waals surface area contributed by atoms with Crippen molar-refractivity contribution in [3.8, 4) is 0 Å². The summed E-state index contributed by atoms with van der Waals surface area (Å²) in [7, 11) is 0. The fourth-order valence-electron chi connectivity index (χ4n) is 2.51. The van der Waals surface area contributed by atoms with Crippen LogP contribution < -0.4 is 5.32 Å². The minimum atomic E-state index is -0.540. The van der Waals surface area contributed by atoms with E-state index in [9.17, 15) is 9.90 Å². The molecule has 1 amide bonds. The Morgan fingerprint density at radius 3 is 2.71 bits per heavy atom. The second-order valence-corrected chi connectivity index (χ2v) is 5.50. The number of carbonyl (C=O) groups excluding carboxylic acids is 1. The molecule has 0 spiro atoms. The molecular weight excluding hydrogens is 264 g/mol. The van der Waals surface area contributed by atoms with Gasteiger partial charge in [0, 0.05) is 18.8 Å². The second-order valence-electron chi connectivity index (χ2n) is 5.50. The first-order chi connectivity index (χ1) is 10.3. The molecule has 1 heterocycles. The molecule has 0 saturated heterocycles. The van der Waals surface area contributed by atoms with Crippen LogP contribution in [0.15, 0.2) is 48.7 Å². The van der Waals surface area contributed by atoms with E-state index in [1.807, 2.05) is 53.2 Å². The molecule has 0 bridgehead atoms. The number of nitrogens with one attached hydrogen (secondary N) is 1. The quantitative estimate of drug-likeness (QED) is 0.857. The first kappa shape index (κ1) is 13.9. The van der Waals surface area contributed by atoms with E-state index in [1.54, 1.807) is 0 Å². The zero-order chi connectivity index (χ0) is 14.7. The number of rotatable bonds is 6. The lowest BCUT2D eigenvalue weighted by molar-refractivity contribution is 0.0933. The third-order valence-corrected chi connectivity index (χ3v) is 3.84. The number of benzene rings is 1. The Hall–Kier alpha value is -2.07. The first-order valence-electron chi connectivity index (χ1n) is 7.44. The summed E-state index contributed by atoms with van der Waals surface area (Å²) in [5.74, 6) is -0.0628. The van der Waals surface area contributed by atoms with Gasteiger partial charge in [-0.2, -0.15) is 0 Å². The molecule has 4 heteroatoms. The highest BCUT2D eigenvalue weighted by molar-refractivity contribution is 5.92. The molecule has 1 atom stereocenters. The molecule has 4 nitrogen and oxygen atoms in total. The predicted molar refractivity (Wildman–Crippen MR) is 81.1 cm³/mol. The van der Waals surface area contributed by atoms with Gasteiger partial charge in [0.25, 0.3) is 5.91 Å². The predicted octanol–water partition coefficient (Wildman–Crippen LogP) is 2.68. The van der Waals surface area contributed by atoms with Crippen LogP contribution in [0.2, 0.25) is 0 Å². The van der Waals surface area contributed by atoms with Crippen molar-refractivity contribution in [2.45, 2.75) is 31.4 Å². The summed E-state index contributed by atoms with van der Waals surface area (Å²) in [6, 6.07) is 13.8. The Labute approximate surface area is 124 Å². The van der Waals surface area contributed by atoms with E-state index in [4.69, 9.17) is 0 Å². The molecule has 2 N–H and O–H groups in total. The van der Waals surface area contributed by atoms with Crippen LogP contribution in [-0.2, 0) is 0 Å². The maximum absolute atomic E-state index is 12.2. The number of hydrogen-bond acceptors (Lipinski definition) is 2. The van der Waals surface area contributed by atoms with Crippen molar-refractivity contribution in [1.82, 2.24) is 9.88 Å². The van der Waals surface area contributed by atoms with Crippen LogP contribution in [0, 0.1) is 0 Å². The van der Waals surface area contributed by atoms with Crippen LogP contribution in [0.25, 0.3) is 0 Å². The molecule has 1 aromatic carbocycles. The highest BCUT2D eigenvalue weighted by atomic mass is 16.3. The lowest BCUT2D eigenvalue weighted by Gasteiger charge is -2.12. The van der Waals surface area contributed by atoms with E-state index in [0.29, 0.717) is 24.7 Å². The van der Waals surface area contributed by atoms with Gasteiger partial charge in [-0.3, -0.25) is 4.79 Å². The Morgan fingerprint density at radius 1 is 1.24 bits per heavy atom. The summed E-state index contributed by atoms with van der Waals surface area (Å²) >= 11 is 0. The van der Waals surface area contributed by atoms with Gasteiger partial charge in [-0.25, -0.2) is 0 Å². The molecule has 0 aliphatic heterocycles. The van der Waals surface area contributed by atoms with E-state index >= 15 is 0 Å². The second kappa shape index (κ2) is 6.14. The van der Waals surface area contributed by atoms with Crippen molar-refractivity contribution >= 4 is 5.91 Å². The topological polar surface area (TPSA) is 54.3 Å². The minimum absolute atomic E-state index is 0.0628. The van der Waals surface area contributed by atoms with Gasteiger partial charge in [0.15, 0.2) is 0 Å². The van der Waals surface area contributed by atoms with Crippen LogP contribution in [0.5, 0.6) is 0 Å². The molecule has 1 aromatic heterocycles. The summed E-state index contributed by atoms with van der Waals surface area (Å²) < 4.78 is 2.04. The van der Waals surface area contributed by atoms with Crippen molar-refractivity contribution in [3.05, 3.63) is 59.9 Å². The summed E-state index contributed by atoms with van der Waals surface area (Å²) in [4.78, 5) is 12.2. The highest BCUT2D eigenvalue weighted by Gasteiger charge is 2.26. The monoisotopic (exact) mass is 284 g/mol. The number of aromatic nitrogens is 1. The summed E-state index contributed by atoms with van der Waals surface area (Å²) in [5, 5.41) is 12.9. The van der Waals surface area contributed by atoms with Gasteiger partial charge in [0.1, 0.15) is 5.69 Å². The van der Waals surface area contributed by atoms with E-state index in [2.05, 4.69) is 5.32 Å². The van der Waals surface area contributed by atoms with E-state index in [0.717, 1.165) is 18.4 Å². The van der Waals surface area contributed by atoms with Crippen molar-refractivity contribution in [3.63, 3.8) is 0 Å². The zero-order valence-corrected chi connectivity index (χ0v) is 11.9. The summed E-state index contributed by atoms with van der Waals surface area (Å²) in [6.45, 7) is 0.463. The normalized spacial score (nSPS) is 15.7. The maximum atomic E-state index is 12.2. The van der Waals surface area contributed by atoms with Gasteiger partial charge < -0.3 is 15.0 Å². The first-order valence-corrected chi connectivity index (χ1v) is 7.44. The molecule has 2 aromatic rings. The van der Waals surface area contributed by atoms with Gasteiger partial charge in [-0.1, -0.05) is 30.3 Å². The molecular formula is C17H20N2O2. The summed E-state index contributed by atoms with van der Waals surface area (Å²) in [5.41, 5.74) is 1.60. The standard InChI is InChI=1S/C17H20N2O2/c20-16(13-5-2-1-3-6-13)10-11-18-17(21)15-7-4-12-19(15)14-8-9-14/h1-7,12,14,16,20H,8-11H2,(H,18,21). The number of hydrogen-bond donors (Lipinski definition) is 2. The number of carbonyl (C=O) groups is 1. The molecule has 1 fully saturated rings. The average molecular weight is 284 g/mol. The fraction of sp³-hybridized carbons (Fsp3) is 0.353. The number of amides is 1. The number of aliphatic hydroxyl groups excluding tert-OH is 1. The minimum Gasteiger partial charge on any atom is -0.388 e. The molecule has 1 saturated carbocycles. The molecule has 3 rings (SSSR count). The van der Waals surface area contributed by atoms with Crippen molar-refractivity contribution in [2.24, 2.45) is 0 Å². The molecule has 0 radical (unpaired) electrons. The molecule has 21 heavy (non-hydrogen) atoms. The van der Waals surface area contributed by atoms with E-state index < -0.39 is 6.10 Å². The van der Waals surface area contributed by atoms with Gasteiger partial charge in [0.2, 0.25) is 0 Å². The van der Waals surface area contributed by atoms with Crippen LogP contribution in [-0.4, -0.2) is 22.1 Å². The Bertz CT molecular complexity index is 602. The van der Waals surface area contributed by atoms with Crippen molar-refractivity contribution < 1.29 is 9.90 Å². The van der Waals surface area contributed by atoms with Crippen molar-refractivity contribution in [1.29, 1.82) is 0 Å². The maximum Gasteiger partial charge on any atom is 0.267 e. The Kier molecular flexibility index (Phi) is 4.06. The zero-order valence-electron chi connectivity index (χ0n) is 11.9. The lowest BCUT2D eigenvalue weighted by atomic mass is 10.1. The molecule has 1 aliphatic rings. The van der Waals surface area contributed by atoms with Crippen LogP contribution in [0.1, 0.15) is 47.5 Å². The SMILES string of the molecule is O=C(NCCC(O)c1ccccc1)c1cccn1C1CC1. The Morgan fingerprint density at radius 2 is 2.00 bits per heavy atom. The van der Waals surface area contributed by atoms with E-state index in [1.165, 1.54) is 0 Å². The van der Waals surface area contributed by atoms with Crippen LogP contribution in [0.3, 0.4) is 0 Å². The lowest BCUT2D eigenvalue weighted by Crippen LogP contribution is -2.27.